The Morgan fingerprint density at radius 1 is 1.39 bits per heavy atom. The maximum Gasteiger partial charge on any atom is 0.317 e. The molecule has 1 rings (SSSR count). The lowest BCUT2D eigenvalue weighted by atomic mass is 10.1. The van der Waals surface area contributed by atoms with E-state index in [2.05, 4.69) is 12.2 Å². The second-order valence-corrected chi connectivity index (χ2v) is 9.98. The number of amides is 2. The molecule has 1 aliphatic heterocycles. The zero-order chi connectivity index (χ0) is 13.6. The lowest BCUT2D eigenvalue weighted by Crippen LogP contribution is -2.36. The van der Waals surface area contributed by atoms with Gasteiger partial charge in [-0.1, -0.05) is 32.6 Å². The molecule has 1 atom stereocenters. The molecule has 1 unspecified atom stereocenters. The van der Waals surface area contributed by atoms with Gasteiger partial charge < -0.3 is 15.0 Å². The van der Waals surface area contributed by atoms with Gasteiger partial charge in [0.05, 0.1) is 0 Å². The molecule has 1 fully saturated rings. The molecule has 1 heterocycles. The molecule has 18 heavy (non-hydrogen) atoms. The molecule has 0 aromatic rings. The third kappa shape index (κ3) is 4.98. The van der Waals surface area contributed by atoms with Crippen molar-refractivity contribution in [3.8, 4) is 0 Å². The van der Waals surface area contributed by atoms with E-state index in [1.807, 2.05) is 18.0 Å². The van der Waals surface area contributed by atoms with Crippen LogP contribution in [0.4, 0.5) is 4.79 Å². The van der Waals surface area contributed by atoms with E-state index in [-0.39, 0.29) is 6.03 Å². The van der Waals surface area contributed by atoms with Crippen LogP contribution in [0.2, 0.25) is 18.6 Å². The van der Waals surface area contributed by atoms with Crippen molar-refractivity contribution in [1.82, 2.24) is 10.2 Å². The summed E-state index contributed by atoms with van der Waals surface area (Å²) in [5.41, 5.74) is 0.414. The summed E-state index contributed by atoms with van der Waals surface area (Å²) >= 11 is 0. The van der Waals surface area contributed by atoms with Gasteiger partial charge in [-0.15, -0.1) is 0 Å². The smallest absolute Gasteiger partial charge is 0.317 e. The zero-order valence-corrected chi connectivity index (χ0v) is 13.0. The molecular formula is C13H28N2O2Si. The number of unbranched alkanes of at least 4 members (excludes halogenated alkanes) is 2. The van der Waals surface area contributed by atoms with Crippen LogP contribution in [0.15, 0.2) is 0 Å². The molecule has 106 valence electrons. The van der Waals surface area contributed by atoms with Gasteiger partial charge in [0, 0.05) is 19.6 Å². The first-order valence-corrected chi connectivity index (χ1v) is 10.2. The van der Waals surface area contributed by atoms with Crippen molar-refractivity contribution in [2.75, 3.05) is 19.6 Å². The summed E-state index contributed by atoms with van der Waals surface area (Å²) in [5, 5.41) is 2.82. The minimum Gasteiger partial charge on any atom is -0.432 e. The van der Waals surface area contributed by atoms with Crippen LogP contribution in [0, 0.1) is 0 Å². The fourth-order valence-electron chi connectivity index (χ4n) is 2.53. The predicted molar refractivity (Wildman–Crippen MR) is 77.2 cm³/mol. The Hall–Kier alpha value is -0.553. The van der Waals surface area contributed by atoms with Crippen molar-refractivity contribution in [3.05, 3.63) is 0 Å². The van der Waals surface area contributed by atoms with Crippen molar-refractivity contribution >= 4 is 14.3 Å². The van der Waals surface area contributed by atoms with Gasteiger partial charge in [-0.3, -0.25) is 0 Å². The van der Waals surface area contributed by atoms with E-state index in [0.29, 0.717) is 5.54 Å². The van der Waals surface area contributed by atoms with Crippen molar-refractivity contribution in [1.29, 1.82) is 0 Å². The Morgan fingerprint density at radius 3 is 2.61 bits per heavy atom. The Bertz CT molecular complexity index is 266. The van der Waals surface area contributed by atoms with Crippen LogP contribution < -0.4 is 5.32 Å². The van der Waals surface area contributed by atoms with Crippen LogP contribution >= 0.6 is 0 Å². The summed E-state index contributed by atoms with van der Waals surface area (Å²) in [6, 6.07) is 0.0553. The van der Waals surface area contributed by atoms with Gasteiger partial charge in [-0.2, -0.15) is 0 Å². The summed E-state index contributed by atoms with van der Waals surface area (Å²) in [4.78, 5) is 23.7. The number of rotatable bonds is 8. The highest BCUT2D eigenvalue weighted by atomic mass is 28.4. The minimum absolute atomic E-state index is 0.0553. The predicted octanol–water partition coefficient (Wildman–Crippen LogP) is 2.55. The van der Waals surface area contributed by atoms with Gasteiger partial charge >= 0.3 is 6.03 Å². The van der Waals surface area contributed by atoms with Gasteiger partial charge in [0.2, 0.25) is 0 Å². The second-order valence-electron chi connectivity index (χ2n) is 5.85. The second kappa shape index (κ2) is 7.14. The summed E-state index contributed by atoms with van der Waals surface area (Å²) in [6.45, 7) is 8.61. The fourth-order valence-corrected chi connectivity index (χ4v) is 4.27. The monoisotopic (exact) mass is 272 g/mol. The minimum atomic E-state index is -2.09. The number of urea groups is 1. The Morgan fingerprint density at radius 2 is 2.11 bits per heavy atom. The molecule has 0 radical (unpaired) electrons. The van der Waals surface area contributed by atoms with E-state index in [4.69, 9.17) is 0 Å². The molecule has 1 saturated heterocycles. The highest BCUT2D eigenvalue weighted by molar-refractivity contribution is 6.71. The highest BCUT2D eigenvalue weighted by Gasteiger charge is 2.30. The van der Waals surface area contributed by atoms with Crippen LogP contribution in [0.1, 0.15) is 39.0 Å². The Balaban J connectivity index is 2.38. The first kappa shape index (κ1) is 15.5. The summed E-state index contributed by atoms with van der Waals surface area (Å²) < 4.78 is 0. The van der Waals surface area contributed by atoms with E-state index in [0.717, 1.165) is 32.5 Å². The van der Waals surface area contributed by atoms with Crippen molar-refractivity contribution < 1.29 is 9.59 Å². The summed E-state index contributed by atoms with van der Waals surface area (Å²) in [6.07, 6.45) is 5.72. The van der Waals surface area contributed by atoms with Crippen molar-refractivity contribution in [2.24, 2.45) is 0 Å². The summed E-state index contributed by atoms with van der Waals surface area (Å²) in [5.74, 6) is 0. The van der Waals surface area contributed by atoms with Crippen LogP contribution in [0.25, 0.3) is 0 Å². The summed E-state index contributed by atoms with van der Waals surface area (Å²) in [7, 11) is -2.09. The first-order chi connectivity index (χ1) is 8.45. The van der Waals surface area contributed by atoms with Gasteiger partial charge in [-0.25, -0.2) is 4.79 Å². The SMILES string of the molecule is CCCCCC(CCN1CCNC1=O)[Si](C)(C)O. The quantitative estimate of drug-likeness (QED) is 0.527. The zero-order valence-electron chi connectivity index (χ0n) is 12.0. The van der Waals surface area contributed by atoms with E-state index in [9.17, 15) is 9.59 Å². The Labute approximate surface area is 112 Å². The average Bonchev–Trinajstić information content (AvgIpc) is 2.67. The number of hydrogen-bond acceptors (Lipinski definition) is 2. The number of hydrogen-bond donors (Lipinski definition) is 2. The molecule has 0 aliphatic carbocycles. The molecule has 0 aromatic heterocycles. The van der Waals surface area contributed by atoms with E-state index < -0.39 is 8.32 Å². The molecular weight excluding hydrogens is 244 g/mol. The lowest BCUT2D eigenvalue weighted by molar-refractivity contribution is 0.216. The molecule has 0 spiro atoms. The Kier molecular flexibility index (Phi) is 6.15. The number of nitrogens with zero attached hydrogens (tertiary/aromatic N) is 1. The molecule has 0 aromatic carbocycles. The maximum absolute atomic E-state index is 11.5. The molecule has 5 heteroatoms. The van der Waals surface area contributed by atoms with E-state index >= 15 is 0 Å². The van der Waals surface area contributed by atoms with Crippen LogP contribution in [-0.4, -0.2) is 43.7 Å². The largest absolute Gasteiger partial charge is 0.432 e. The highest BCUT2D eigenvalue weighted by Crippen LogP contribution is 2.29. The van der Waals surface area contributed by atoms with E-state index in [1.54, 1.807) is 0 Å². The van der Waals surface area contributed by atoms with Crippen LogP contribution in [-0.2, 0) is 0 Å². The lowest BCUT2D eigenvalue weighted by Gasteiger charge is -2.28. The van der Waals surface area contributed by atoms with Gasteiger partial charge in [0.15, 0.2) is 8.32 Å². The third-order valence-electron chi connectivity index (χ3n) is 3.85. The average molecular weight is 272 g/mol. The van der Waals surface area contributed by atoms with Gasteiger partial charge in [0.25, 0.3) is 0 Å². The van der Waals surface area contributed by atoms with Crippen molar-refractivity contribution in [3.63, 3.8) is 0 Å². The number of carbonyl (C=O) groups excluding carboxylic acids is 1. The fraction of sp³-hybridized carbons (Fsp3) is 0.923. The van der Waals surface area contributed by atoms with Crippen LogP contribution in [0.3, 0.4) is 0 Å². The number of carbonyl (C=O) groups is 1. The first-order valence-electron chi connectivity index (χ1n) is 7.20. The molecule has 1 aliphatic rings. The van der Waals surface area contributed by atoms with Crippen molar-refractivity contribution in [2.45, 2.75) is 57.7 Å². The molecule has 4 nitrogen and oxygen atoms in total. The maximum atomic E-state index is 11.5. The normalized spacial score (nSPS) is 18.0. The topological polar surface area (TPSA) is 52.6 Å². The van der Waals surface area contributed by atoms with Crippen LogP contribution in [0.5, 0.6) is 0 Å². The standard InChI is InChI=1S/C13H28N2O2Si/c1-4-5-6-7-12(18(2,3)17)8-10-15-11-9-14-13(15)16/h12,17H,4-11H2,1-3H3,(H,14,16). The van der Waals surface area contributed by atoms with Gasteiger partial charge in [0.1, 0.15) is 0 Å². The van der Waals surface area contributed by atoms with Gasteiger partial charge in [-0.05, 0) is 25.1 Å². The number of nitrogens with one attached hydrogen (secondary N) is 1. The molecule has 0 bridgehead atoms. The molecule has 2 amide bonds. The third-order valence-corrected chi connectivity index (χ3v) is 6.42. The molecule has 0 saturated carbocycles. The molecule has 2 N–H and O–H groups in total. The van der Waals surface area contributed by atoms with E-state index in [1.165, 1.54) is 19.3 Å².